The molecule has 0 spiro atoms. The monoisotopic (exact) mass is 392 g/mol. The third kappa shape index (κ3) is 6.75. The maximum Gasteiger partial charge on any atom is 0.513 e. The highest BCUT2D eigenvalue weighted by molar-refractivity contribution is 5.94. The first-order chi connectivity index (χ1) is 13.5. The van der Waals surface area contributed by atoms with Gasteiger partial charge in [0, 0.05) is 24.7 Å². The molecule has 28 heavy (non-hydrogen) atoms. The first kappa shape index (κ1) is 21.5. The van der Waals surface area contributed by atoms with Crippen molar-refractivity contribution in [3.8, 4) is 5.75 Å². The number of ether oxygens (including phenoxy) is 3. The molecule has 1 aromatic rings. The van der Waals surface area contributed by atoms with Crippen molar-refractivity contribution in [2.45, 2.75) is 45.6 Å². The molecule has 8 nitrogen and oxygen atoms in total. The lowest BCUT2D eigenvalue weighted by Gasteiger charge is -2.32. The van der Waals surface area contributed by atoms with Gasteiger partial charge in [-0.05, 0) is 50.5 Å². The van der Waals surface area contributed by atoms with Crippen molar-refractivity contribution in [1.82, 2.24) is 10.2 Å². The van der Waals surface area contributed by atoms with Crippen LogP contribution in [0.5, 0.6) is 5.75 Å². The van der Waals surface area contributed by atoms with E-state index in [0.717, 1.165) is 12.8 Å². The Balaban J connectivity index is 1.78. The van der Waals surface area contributed by atoms with Crippen molar-refractivity contribution in [2.75, 3.05) is 26.3 Å². The Labute approximate surface area is 165 Å². The maximum atomic E-state index is 12.6. The zero-order valence-corrected chi connectivity index (χ0v) is 16.4. The lowest BCUT2D eigenvalue weighted by atomic mass is 10.0. The van der Waals surface area contributed by atoms with Crippen molar-refractivity contribution in [3.05, 3.63) is 29.8 Å². The lowest BCUT2D eigenvalue weighted by molar-refractivity contribution is 0.0701. The minimum absolute atomic E-state index is 0.0125. The van der Waals surface area contributed by atoms with Crippen LogP contribution >= 0.6 is 0 Å². The second kappa shape index (κ2) is 11.2. The number of hydrogen-bond acceptors (Lipinski definition) is 6. The van der Waals surface area contributed by atoms with E-state index >= 15 is 0 Å². The van der Waals surface area contributed by atoms with Crippen LogP contribution in [0.4, 0.5) is 9.59 Å². The van der Waals surface area contributed by atoms with E-state index in [4.69, 9.17) is 14.2 Å². The highest BCUT2D eigenvalue weighted by Crippen LogP contribution is 2.17. The highest BCUT2D eigenvalue weighted by atomic mass is 16.7. The van der Waals surface area contributed by atoms with Gasteiger partial charge in [-0.25, -0.2) is 9.59 Å². The number of likely N-dealkylation sites (tertiary alicyclic amines) is 1. The minimum Gasteiger partial charge on any atom is -0.450 e. The van der Waals surface area contributed by atoms with E-state index in [1.54, 1.807) is 36.1 Å². The largest absolute Gasteiger partial charge is 0.513 e. The van der Waals surface area contributed by atoms with E-state index in [1.165, 1.54) is 0 Å². The smallest absolute Gasteiger partial charge is 0.450 e. The Hall–Kier alpha value is -2.77. The van der Waals surface area contributed by atoms with E-state index in [0.29, 0.717) is 43.9 Å². The van der Waals surface area contributed by atoms with Gasteiger partial charge >= 0.3 is 12.2 Å². The highest BCUT2D eigenvalue weighted by Gasteiger charge is 2.25. The van der Waals surface area contributed by atoms with Crippen LogP contribution < -0.4 is 10.1 Å². The standard InChI is InChI=1S/C20H28N2O6/c1-3-5-14-27-19(24)21-16-10-12-22(13-11-16)18(23)15-6-8-17(9-7-15)28-20(25)26-4-2/h6-9,16H,3-5,10-14H2,1-2H3,(H,21,24). The Bertz CT molecular complexity index is 653. The predicted octanol–water partition coefficient (Wildman–Crippen LogP) is 3.35. The molecular formula is C20H28N2O6. The number of unbranched alkanes of at least 4 members (excludes halogenated alkanes) is 1. The summed E-state index contributed by atoms with van der Waals surface area (Å²) in [6.45, 7) is 5.50. The van der Waals surface area contributed by atoms with Crippen molar-refractivity contribution in [2.24, 2.45) is 0 Å². The number of nitrogens with one attached hydrogen (secondary N) is 1. The van der Waals surface area contributed by atoms with Crippen LogP contribution in [0.25, 0.3) is 0 Å². The van der Waals surface area contributed by atoms with Gasteiger partial charge in [0.1, 0.15) is 5.75 Å². The Morgan fingerprint density at radius 2 is 1.75 bits per heavy atom. The maximum absolute atomic E-state index is 12.6. The van der Waals surface area contributed by atoms with Crippen LogP contribution in [0, 0.1) is 0 Å². The molecule has 0 saturated carbocycles. The fourth-order valence-electron chi connectivity index (χ4n) is 2.84. The molecule has 1 aliphatic rings. The van der Waals surface area contributed by atoms with E-state index < -0.39 is 12.2 Å². The summed E-state index contributed by atoms with van der Waals surface area (Å²) in [4.78, 5) is 37.4. The molecule has 154 valence electrons. The first-order valence-electron chi connectivity index (χ1n) is 9.70. The predicted molar refractivity (Wildman–Crippen MR) is 102 cm³/mol. The first-order valence-corrected chi connectivity index (χ1v) is 9.70. The topological polar surface area (TPSA) is 94.2 Å². The molecule has 1 saturated heterocycles. The number of carbonyl (C=O) groups excluding carboxylic acids is 3. The summed E-state index contributed by atoms with van der Waals surface area (Å²) in [6, 6.07) is 6.37. The third-order valence-electron chi connectivity index (χ3n) is 4.40. The fraction of sp³-hybridized carbons (Fsp3) is 0.550. The number of nitrogens with zero attached hydrogens (tertiary/aromatic N) is 1. The summed E-state index contributed by atoms with van der Waals surface area (Å²) >= 11 is 0. The number of benzene rings is 1. The SMILES string of the molecule is CCCCOC(=O)NC1CCN(C(=O)c2ccc(OC(=O)OCC)cc2)CC1. The molecule has 0 unspecified atom stereocenters. The van der Waals surface area contributed by atoms with Crippen LogP contribution in [-0.2, 0) is 9.47 Å². The summed E-state index contributed by atoms with van der Waals surface area (Å²) < 4.78 is 14.8. The Morgan fingerprint density at radius 1 is 1.07 bits per heavy atom. The van der Waals surface area contributed by atoms with Crippen molar-refractivity contribution < 1.29 is 28.6 Å². The van der Waals surface area contributed by atoms with E-state index in [9.17, 15) is 14.4 Å². The molecule has 0 radical (unpaired) electrons. The molecular weight excluding hydrogens is 364 g/mol. The average molecular weight is 392 g/mol. The molecule has 2 rings (SSSR count). The zero-order valence-electron chi connectivity index (χ0n) is 16.4. The van der Waals surface area contributed by atoms with Gasteiger partial charge in [0.15, 0.2) is 0 Å². The molecule has 1 aliphatic heterocycles. The molecule has 0 aromatic heterocycles. The lowest BCUT2D eigenvalue weighted by Crippen LogP contribution is -2.46. The number of piperidine rings is 1. The second-order valence-electron chi connectivity index (χ2n) is 6.51. The number of carbonyl (C=O) groups is 3. The molecule has 0 bridgehead atoms. The minimum atomic E-state index is -0.774. The molecule has 1 heterocycles. The van der Waals surface area contributed by atoms with E-state index in [-0.39, 0.29) is 18.6 Å². The number of alkyl carbamates (subject to hydrolysis) is 1. The van der Waals surface area contributed by atoms with Crippen LogP contribution in [-0.4, -0.2) is 55.4 Å². The summed E-state index contributed by atoms with van der Waals surface area (Å²) in [6.07, 6.45) is 2.02. The summed E-state index contributed by atoms with van der Waals surface area (Å²) in [7, 11) is 0. The number of rotatable bonds is 7. The molecule has 1 N–H and O–H groups in total. The van der Waals surface area contributed by atoms with Gasteiger partial charge in [-0.3, -0.25) is 4.79 Å². The van der Waals surface area contributed by atoms with Crippen LogP contribution in [0.15, 0.2) is 24.3 Å². The van der Waals surface area contributed by atoms with Crippen LogP contribution in [0.3, 0.4) is 0 Å². The second-order valence-corrected chi connectivity index (χ2v) is 6.51. The van der Waals surface area contributed by atoms with Crippen molar-refractivity contribution >= 4 is 18.2 Å². The van der Waals surface area contributed by atoms with Gasteiger partial charge < -0.3 is 24.4 Å². The van der Waals surface area contributed by atoms with Crippen LogP contribution in [0.1, 0.15) is 49.9 Å². The summed E-state index contributed by atoms with van der Waals surface area (Å²) in [5.41, 5.74) is 0.515. The molecule has 1 aromatic carbocycles. The summed E-state index contributed by atoms with van der Waals surface area (Å²) in [5.74, 6) is 0.228. The van der Waals surface area contributed by atoms with Crippen molar-refractivity contribution in [1.29, 1.82) is 0 Å². The fourth-order valence-corrected chi connectivity index (χ4v) is 2.84. The zero-order chi connectivity index (χ0) is 20.4. The van der Waals surface area contributed by atoms with Gasteiger partial charge in [0.05, 0.1) is 13.2 Å². The molecule has 0 atom stereocenters. The number of hydrogen-bond donors (Lipinski definition) is 1. The quantitative estimate of drug-likeness (QED) is 0.434. The van der Waals surface area contributed by atoms with E-state index in [2.05, 4.69) is 5.32 Å². The van der Waals surface area contributed by atoms with E-state index in [1.807, 2.05) is 6.92 Å². The third-order valence-corrected chi connectivity index (χ3v) is 4.40. The Kier molecular flexibility index (Phi) is 8.58. The van der Waals surface area contributed by atoms with Gasteiger partial charge in [-0.2, -0.15) is 0 Å². The van der Waals surface area contributed by atoms with Crippen LogP contribution in [0.2, 0.25) is 0 Å². The van der Waals surface area contributed by atoms with Gasteiger partial charge in [-0.1, -0.05) is 13.3 Å². The molecule has 1 fully saturated rings. The van der Waals surface area contributed by atoms with Gasteiger partial charge in [0.25, 0.3) is 5.91 Å². The Morgan fingerprint density at radius 3 is 2.36 bits per heavy atom. The average Bonchev–Trinajstić information content (AvgIpc) is 2.69. The van der Waals surface area contributed by atoms with Gasteiger partial charge in [0.2, 0.25) is 0 Å². The molecule has 2 amide bonds. The summed E-state index contributed by atoms with van der Waals surface area (Å²) in [5, 5.41) is 2.85. The normalized spacial score (nSPS) is 14.3. The van der Waals surface area contributed by atoms with Crippen molar-refractivity contribution in [3.63, 3.8) is 0 Å². The number of amides is 2. The molecule has 0 aliphatic carbocycles. The van der Waals surface area contributed by atoms with Gasteiger partial charge in [-0.15, -0.1) is 0 Å². The molecule has 8 heteroatoms.